The maximum atomic E-state index is 12.7. The maximum Gasteiger partial charge on any atom is 0.417 e. The van der Waals surface area contributed by atoms with E-state index in [2.05, 4.69) is 27.4 Å². The number of carbonyl (C=O) groups excluding carboxylic acids is 2. The molecule has 5 nitrogen and oxygen atoms in total. The van der Waals surface area contributed by atoms with Gasteiger partial charge in [0, 0.05) is 0 Å². The molecule has 1 saturated carbocycles. The van der Waals surface area contributed by atoms with E-state index >= 15 is 0 Å². The topological polar surface area (TPSA) is 55.8 Å². The number of hydrogen-bond donors (Lipinski definition) is 0. The average molecular weight is 368 g/mol. The Kier molecular flexibility index (Phi) is 7.25. The first kappa shape index (κ1) is 20.2. The minimum absolute atomic E-state index is 0.128. The molecule has 25 heavy (non-hydrogen) atoms. The molecule has 1 heterocycles. The highest BCUT2D eigenvalue weighted by molar-refractivity contribution is 6.73. The fourth-order valence-corrected chi connectivity index (χ4v) is 7.00. The van der Waals surface area contributed by atoms with E-state index in [1.54, 1.807) is 0 Å². The highest BCUT2D eigenvalue weighted by atomic mass is 28.4. The van der Waals surface area contributed by atoms with Crippen LogP contribution in [0.2, 0.25) is 18.1 Å². The molecule has 2 amide bonds. The van der Waals surface area contributed by atoms with Crippen LogP contribution in [0.25, 0.3) is 0 Å². The molecule has 2 rings (SSSR count). The lowest BCUT2D eigenvalue weighted by atomic mass is 9.77. The summed E-state index contributed by atoms with van der Waals surface area (Å²) in [5.41, 5.74) is 0. The van der Waals surface area contributed by atoms with Gasteiger partial charge in [-0.25, -0.2) is 9.69 Å². The largest absolute Gasteiger partial charge is 0.445 e. The number of β-lactam (4-membered cyclic amide) rings is 1. The fraction of sp³-hybridized carbons (Fsp3) is 0.789. The van der Waals surface area contributed by atoms with Gasteiger partial charge >= 0.3 is 6.09 Å². The first-order valence-corrected chi connectivity index (χ1v) is 12.3. The smallest absolute Gasteiger partial charge is 0.417 e. The van der Waals surface area contributed by atoms with Crippen molar-refractivity contribution in [2.45, 2.75) is 83.2 Å². The van der Waals surface area contributed by atoms with E-state index in [9.17, 15) is 9.59 Å². The molecular weight excluding hydrogens is 334 g/mol. The first-order chi connectivity index (χ1) is 12.0. The van der Waals surface area contributed by atoms with Crippen molar-refractivity contribution < 1.29 is 18.8 Å². The van der Waals surface area contributed by atoms with E-state index in [4.69, 9.17) is 9.16 Å². The van der Waals surface area contributed by atoms with Crippen molar-refractivity contribution in [1.29, 1.82) is 0 Å². The predicted molar refractivity (Wildman–Crippen MR) is 101 cm³/mol. The minimum atomic E-state index is -1.90. The molecule has 142 valence electrons. The Morgan fingerprint density at radius 3 is 2.32 bits per heavy atom. The Balaban J connectivity index is 2.18. The zero-order chi connectivity index (χ0) is 18.4. The molecular formula is C19H33NO4Si. The van der Waals surface area contributed by atoms with Gasteiger partial charge in [0.2, 0.25) is 0 Å². The number of carbonyl (C=O) groups is 2. The number of likely N-dealkylation sites (tertiary alicyclic amines) is 1. The quantitative estimate of drug-likeness (QED) is 0.360. The van der Waals surface area contributed by atoms with Gasteiger partial charge in [-0.15, -0.1) is 0 Å². The van der Waals surface area contributed by atoms with E-state index in [1.807, 2.05) is 0 Å². The monoisotopic (exact) mass is 367 g/mol. The molecule has 2 aliphatic rings. The Labute approximate surface area is 152 Å². The third-order valence-corrected chi connectivity index (χ3v) is 10.7. The first-order valence-electron chi connectivity index (χ1n) is 9.82. The van der Waals surface area contributed by atoms with Crippen LogP contribution in [-0.2, 0) is 14.0 Å². The summed E-state index contributed by atoms with van der Waals surface area (Å²) in [4.78, 5) is 26.4. The molecule has 0 aromatic heterocycles. The van der Waals surface area contributed by atoms with Crippen molar-refractivity contribution in [2.75, 3.05) is 6.61 Å². The molecule has 0 bridgehead atoms. The van der Waals surface area contributed by atoms with Gasteiger partial charge in [0.25, 0.3) is 5.91 Å². The summed E-state index contributed by atoms with van der Waals surface area (Å²) in [5.74, 6) is 0.127. The number of rotatable bonds is 8. The summed E-state index contributed by atoms with van der Waals surface area (Å²) in [6.45, 7) is 10.2. The van der Waals surface area contributed by atoms with Crippen LogP contribution in [0.3, 0.4) is 0 Å². The third kappa shape index (κ3) is 4.17. The molecule has 0 aromatic carbocycles. The summed E-state index contributed by atoms with van der Waals surface area (Å²) in [6.07, 6.45) is 6.20. The second kappa shape index (κ2) is 8.99. The van der Waals surface area contributed by atoms with Crippen molar-refractivity contribution in [3.05, 3.63) is 12.7 Å². The fourth-order valence-electron chi connectivity index (χ4n) is 4.22. The summed E-state index contributed by atoms with van der Waals surface area (Å²) in [7, 11) is -1.90. The van der Waals surface area contributed by atoms with Gasteiger partial charge in [0.15, 0.2) is 8.32 Å². The summed E-state index contributed by atoms with van der Waals surface area (Å²) < 4.78 is 11.7. The Hall–Kier alpha value is -1.14. The number of amides is 2. The van der Waals surface area contributed by atoms with Crippen molar-refractivity contribution in [1.82, 2.24) is 4.90 Å². The number of ether oxygens (including phenoxy) is 1. The lowest BCUT2D eigenvalue weighted by Gasteiger charge is -2.51. The second-order valence-electron chi connectivity index (χ2n) is 7.24. The van der Waals surface area contributed by atoms with Gasteiger partial charge in [-0.1, -0.05) is 52.7 Å². The Bertz CT molecular complexity index is 478. The molecule has 1 saturated heterocycles. The highest BCUT2D eigenvalue weighted by Crippen LogP contribution is 2.40. The van der Waals surface area contributed by atoms with Gasteiger partial charge in [-0.3, -0.25) is 4.79 Å². The van der Waals surface area contributed by atoms with Gasteiger partial charge in [-0.05, 0) is 36.9 Å². The van der Waals surface area contributed by atoms with Crippen molar-refractivity contribution >= 4 is 20.3 Å². The van der Waals surface area contributed by atoms with Crippen LogP contribution in [0.4, 0.5) is 4.79 Å². The normalized spacial score (nSPS) is 24.8. The lowest BCUT2D eigenvalue weighted by Crippen LogP contribution is -2.72. The molecule has 1 aliphatic carbocycles. The van der Waals surface area contributed by atoms with Crippen LogP contribution in [-0.4, -0.2) is 44.0 Å². The number of imide groups is 1. The van der Waals surface area contributed by atoms with Crippen molar-refractivity contribution in [2.24, 2.45) is 5.92 Å². The van der Waals surface area contributed by atoms with Crippen LogP contribution in [0.1, 0.15) is 52.9 Å². The minimum Gasteiger partial charge on any atom is -0.445 e. The Morgan fingerprint density at radius 2 is 1.80 bits per heavy atom. The molecule has 0 spiro atoms. The van der Waals surface area contributed by atoms with Crippen LogP contribution >= 0.6 is 0 Å². The molecule has 0 unspecified atom stereocenters. The van der Waals surface area contributed by atoms with Gasteiger partial charge < -0.3 is 9.16 Å². The number of nitrogens with zero attached hydrogens (tertiary/aromatic N) is 1. The highest BCUT2D eigenvalue weighted by Gasteiger charge is 2.57. The van der Waals surface area contributed by atoms with Crippen LogP contribution in [0, 0.1) is 5.92 Å². The van der Waals surface area contributed by atoms with E-state index in [0.717, 1.165) is 43.8 Å². The van der Waals surface area contributed by atoms with Crippen LogP contribution in [0.5, 0.6) is 0 Å². The molecule has 2 atom stereocenters. The maximum absolute atomic E-state index is 12.7. The van der Waals surface area contributed by atoms with E-state index in [1.165, 1.54) is 17.4 Å². The van der Waals surface area contributed by atoms with E-state index in [-0.39, 0.29) is 18.6 Å². The van der Waals surface area contributed by atoms with Crippen LogP contribution < -0.4 is 0 Å². The molecule has 0 N–H and O–H groups in total. The Morgan fingerprint density at radius 1 is 1.20 bits per heavy atom. The second-order valence-corrected chi connectivity index (χ2v) is 12.0. The third-order valence-electron chi connectivity index (χ3n) is 6.05. The van der Waals surface area contributed by atoms with Gasteiger partial charge in [0.05, 0.1) is 6.04 Å². The standard InChI is InChI=1S/C19H33NO4Si/c1-5-14-23-19(22)20-16(15-12-10-9-11-13-15)17(18(20)21)24-25(6-2,7-3)8-4/h5,15-17H,1,6-14H2,2-4H3/t16-,17+/m0/s1. The zero-order valence-electron chi connectivity index (χ0n) is 16.0. The molecule has 0 aromatic rings. The molecule has 1 aliphatic heterocycles. The summed E-state index contributed by atoms with van der Waals surface area (Å²) >= 11 is 0. The van der Waals surface area contributed by atoms with Gasteiger partial charge in [0.1, 0.15) is 12.7 Å². The van der Waals surface area contributed by atoms with Crippen molar-refractivity contribution in [3.8, 4) is 0 Å². The summed E-state index contributed by atoms with van der Waals surface area (Å²) in [5, 5.41) is 0. The van der Waals surface area contributed by atoms with Crippen LogP contribution in [0.15, 0.2) is 12.7 Å². The average Bonchev–Trinajstić information content (AvgIpc) is 2.66. The van der Waals surface area contributed by atoms with E-state index in [0.29, 0.717) is 5.92 Å². The lowest BCUT2D eigenvalue weighted by molar-refractivity contribution is -0.165. The van der Waals surface area contributed by atoms with Crippen molar-refractivity contribution in [3.63, 3.8) is 0 Å². The SMILES string of the molecule is C=CCOC(=O)N1C(=O)[C@H](O[Si](CC)(CC)CC)[C@@H]1C1CCCCC1. The number of hydrogen-bond acceptors (Lipinski definition) is 4. The molecule has 6 heteroatoms. The van der Waals surface area contributed by atoms with E-state index < -0.39 is 20.5 Å². The molecule has 2 fully saturated rings. The molecule has 0 radical (unpaired) electrons. The predicted octanol–water partition coefficient (Wildman–Crippen LogP) is 4.49. The van der Waals surface area contributed by atoms with Gasteiger partial charge in [-0.2, -0.15) is 0 Å². The summed E-state index contributed by atoms with van der Waals surface area (Å²) in [6, 6.07) is 2.85. The zero-order valence-corrected chi connectivity index (χ0v) is 17.0.